The first-order chi connectivity index (χ1) is 3.13. The van der Waals surface area contributed by atoms with Crippen molar-refractivity contribution in [3.8, 4) is 0 Å². The molecule has 0 aliphatic rings. The highest BCUT2D eigenvalue weighted by molar-refractivity contribution is 5.70. The van der Waals surface area contributed by atoms with Crippen LogP contribution in [-0.2, 0) is 0 Å². The molecule has 0 heterocycles. The quantitative estimate of drug-likeness (QED) is 0.296. The molecule has 1 N–H and O–H groups in total. The predicted octanol–water partition coefficient (Wildman–Crippen LogP) is 0.104. The van der Waals surface area contributed by atoms with Crippen molar-refractivity contribution in [3.05, 3.63) is 19.1 Å². The van der Waals surface area contributed by atoms with Crippen LogP contribution in [-0.4, -0.2) is 5.90 Å². The topological polar surface area (TPSA) is 46.9 Å². The smallest absolute Gasteiger partial charge is 0.101 e. The fraction of sp³-hybridized carbons (Fsp3) is 0.200. The van der Waals surface area contributed by atoms with Crippen molar-refractivity contribution in [3.63, 3.8) is 0 Å². The van der Waals surface area contributed by atoms with Gasteiger partial charge in [-0.3, -0.25) is 0 Å². The Labute approximate surface area is 43.0 Å². The first-order valence-corrected chi connectivity index (χ1v) is 1.87. The standard InChI is InChI=1S/C5H7NO/c1-4(2)3-5(6)7/h1-3H2,(H-,6,7). The Hall–Kier alpha value is -0.920. The van der Waals surface area contributed by atoms with E-state index in [1.807, 2.05) is 0 Å². The van der Waals surface area contributed by atoms with E-state index >= 15 is 0 Å². The predicted molar refractivity (Wildman–Crippen MR) is 26.8 cm³/mol. The lowest BCUT2D eigenvalue weighted by molar-refractivity contribution is -0.219. The summed E-state index contributed by atoms with van der Waals surface area (Å²) in [4.78, 5) is 0. The zero-order chi connectivity index (χ0) is 5.86. The van der Waals surface area contributed by atoms with Gasteiger partial charge in [-0.15, -0.1) is 0 Å². The van der Waals surface area contributed by atoms with E-state index in [4.69, 9.17) is 5.41 Å². The Balaban J connectivity index is 3.32. The van der Waals surface area contributed by atoms with Crippen LogP contribution in [0.4, 0.5) is 0 Å². The molecule has 0 aromatic carbocycles. The zero-order valence-electron chi connectivity index (χ0n) is 4.03. The van der Waals surface area contributed by atoms with E-state index < -0.39 is 5.90 Å². The second-order valence-electron chi connectivity index (χ2n) is 1.35. The van der Waals surface area contributed by atoms with E-state index in [0.29, 0.717) is 5.57 Å². The van der Waals surface area contributed by atoms with Crippen molar-refractivity contribution in [2.75, 3.05) is 0 Å². The minimum Gasteiger partial charge on any atom is -0.862 e. The summed E-state index contributed by atoms with van der Waals surface area (Å²) in [6, 6.07) is 0. The molecule has 0 aliphatic heterocycles. The normalized spacial score (nSPS) is 8.00. The Bertz CT molecular complexity index is 84.3. The number of rotatable bonds is 2. The number of hydrogen-bond donors (Lipinski definition) is 1. The molecule has 2 nitrogen and oxygen atoms in total. The second-order valence-corrected chi connectivity index (χ2v) is 1.35. The third-order valence-electron chi connectivity index (χ3n) is 0.411. The van der Waals surface area contributed by atoms with Crippen molar-refractivity contribution in [1.82, 2.24) is 0 Å². The van der Waals surface area contributed by atoms with E-state index in [1.54, 1.807) is 0 Å². The van der Waals surface area contributed by atoms with Crippen LogP contribution in [0.15, 0.2) is 12.2 Å². The molecule has 0 atom stereocenters. The van der Waals surface area contributed by atoms with Crippen molar-refractivity contribution in [2.45, 2.75) is 6.42 Å². The van der Waals surface area contributed by atoms with Gasteiger partial charge < -0.3 is 10.5 Å². The lowest BCUT2D eigenvalue weighted by Crippen LogP contribution is -2.14. The third-order valence-corrected chi connectivity index (χ3v) is 0.411. The summed E-state index contributed by atoms with van der Waals surface area (Å²) in [6.07, 6.45) is 0.0833. The molecule has 0 radical (unpaired) electrons. The Kier molecular flexibility index (Phi) is 1.99. The van der Waals surface area contributed by atoms with Crippen LogP contribution in [0.25, 0.3) is 0 Å². The van der Waals surface area contributed by atoms with Gasteiger partial charge in [-0.1, -0.05) is 0 Å². The summed E-state index contributed by atoms with van der Waals surface area (Å²) in [7, 11) is 0. The first-order valence-electron chi connectivity index (χ1n) is 1.87. The monoisotopic (exact) mass is 97.1 g/mol. The minimum absolute atomic E-state index is 0.0833. The molecule has 0 aromatic heterocycles. The SMILES string of the molecule is C=C([CH2+])CC(=N)[O-]. The van der Waals surface area contributed by atoms with Gasteiger partial charge in [0.25, 0.3) is 0 Å². The lowest BCUT2D eigenvalue weighted by atomic mass is 10.2. The van der Waals surface area contributed by atoms with Gasteiger partial charge in [0.05, 0.1) is 0 Å². The van der Waals surface area contributed by atoms with E-state index in [0.717, 1.165) is 0 Å². The molecule has 38 valence electrons. The maximum Gasteiger partial charge on any atom is 0.101 e. The Morgan fingerprint density at radius 1 is 1.86 bits per heavy atom. The molecule has 0 saturated heterocycles. The molecule has 0 aromatic rings. The van der Waals surface area contributed by atoms with E-state index in [2.05, 4.69) is 13.5 Å². The van der Waals surface area contributed by atoms with Gasteiger partial charge in [-0.05, 0) is 5.90 Å². The third kappa shape index (κ3) is 5.08. The molecule has 0 fully saturated rings. The van der Waals surface area contributed by atoms with E-state index in [9.17, 15) is 5.11 Å². The Morgan fingerprint density at radius 3 is 2.29 bits per heavy atom. The van der Waals surface area contributed by atoms with Crippen LogP contribution >= 0.6 is 0 Å². The van der Waals surface area contributed by atoms with Gasteiger partial charge in [-0.2, -0.15) is 0 Å². The summed E-state index contributed by atoms with van der Waals surface area (Å²) in [5.74, 6) is -0.625. The van der Waals surface area contributed by atoms with Crippen LogP contribution in [0, 0.1) is 12.3 Å². The average Bonchev–Trinajstić information content (AvgIpc) is 1.27. The molecule has 0 bridgehead atoms. The number of nitrogens with one attached hydrogen (secondary N) is 1. The molecular formula is C5H7NO. The first kappa shape index (κ1) is 6.08. The summed E-state index contributed by atoms with van der Waals surface area (Å²) < 4.78 is 0. The fourth-order valence-electron chi connectivity index (χ4n) is 0.227. The van der Waals surface area contributed by atoms with Crippen molar-refractivity contribution in [1.29, 1.82) is 5.41 Å². The van der Waals surface area contributed by atoms with Gasteiger partial charge in [0.15, 0.2) is 0 Å². The molecule has 0 amide bonds. The van der Waals surface area contributed by atoms with Crippen molar-refractivity contribution in [2.24, 2.45) is 0 Å². The van der Waals surface area contributed by atoms with Gasteiger partial charge in [0.2, 0.25) is 0 Å². The van der Waals surface area contributed by atoms with Crippen LogP contribution in [0.2, 0.25) is 0 Å². The zero-order valence-corrected chi connectivity index (χ0v) is 4.03. The second kappa shape index (κ2) is 2.29. The van der Waals surface area contributed by atoms with Gasteiger partial charge in [-0.25, -0.2) is 0 Å². The summed E-state index contributed by atoms with van der Waals surface area (Å²) in [5.41, 5.74) is 0.500. The van der Waals surface area contributed by atoms with Gasteiger partial charge in [0, 0.05) is 19.9 Å². The van der Waals surface area contributed by atoms with E-state index in [-0.39, 0.29) is 6.42 Å². The molecule has 0 spiro atoms. The van der Waals surface area contributed by atoms with Gasteiger partial charge >= 0.3 is 0 Å². The van der Waals surface area contributed by atoms with Crippen molar-refractivity contribution >= 4 is 5.90 Å². The fourth-order valence-corrected chi connectivity index (χ4v) is 0.227. The minimum atomic E-state index is -0.625. The Morgan fingerprint density at radius 2 is 2.29 bits per heavy atom. The summed E-state index contributed by atoms with van der Waals surface area (Å²) in [6.45, 7) is 6.69. The molecule has 0 unspecified atom stereocenters. The summed E-state index contributed by atoms with van der Waals surface area (Å²) >= 11 is 0. The van der Waals surface area contributed by atoms with Crippen LogP contribution in [0.1, 0.15) is 6.42 Å². The highest BCUT2D eigenvalue weighted by Gasteiger charge is 1.87. The maximum absolute atomic E-state index is 9.82. The highest BCUT2D eigenvalue weighted by atomic mass is 16.3. The molecular weight excluding hydrogens is 90.1 g/mol. The molecule has 0 saturated carbocycles. The van der Waals surface area contributed by atoms with Crippen molar-refractivity contribution < 1.29 is 5.11 Å². The maximum atomic E-state index is 9.82. The van der Waals surface area contributed by atoms with Gasteiger partial charge in [0.1, 0.15) is 5.57 Å². The average molecular weight is 97.1 g/mol. The molecule has 7 heavy (non-hydrogen) atoms. The van der Waals surface area contributed by atoms with Crippen LogP contribution < -0.4 is 5.11 Å². The largest absolute Gasteiger partial charge is 0.862 e. The van der Waals surface area contributed by atoms with Crippen LogP contribution in [0.5, 0.6) is 0 Å². The van der Waals surface area contributed by atoms with Crippen LogP contribution in [0.3, 0.4) is 0 Å². The molecule has 0 aliphatic carbocycles. The van der Waals surface area contributed by atoms with E-state index in [1.165, 1.54) is 0 Å². The molecule has 2 heteroatoms. The molecule has 0 rings (SSSR count). The summed E-state index contributed by atoms with van der Waals surface area (Å²) in [5, 5.41) is 16.2. The lowest BCUT2D eigenvalue weighted by Gasteiger charge is -1.99. The highest BCUT2D eigenvalue weighted by Crippen LogP contribution is 1.90. The number of hydrogen-bond acceptors (Lipinski definition) is 2.